The van der Waals surface area contributed by atoms with Gasteiger partial charge < -0.3 is 15.0 Å². The Morgan fingerprint density at radius 3 is 2.71 bits per heavy atom. The predicted octanol–water partition coefficient (Wildman–Crippen LogP) is 2.43. The van der Waals surface area contributed by atoms with Crippen molar-refractivity contribution < 1.29 is 4.74 Å². The summed E-state index contributed by atoms with van der Waals surface area (Å²) in [5, 5.41) is 9.00. The summed E-state index contributed by atoms with van der Waals surface area (Å²) in [6.45, 7) is 3.18. The number of ether oxygens (including phenoxy) is 1. The van der Waals surface area contributed by atoms with Gasteiger partial charge in [0.25, 0.3) is 0 Å². The van der Waals surface area contributed by atoms with E-state index in [-0.39, 0.29) is 12.4 Å². The van der Waals surface area contributed by atoms with Gasteiger partial charge in [-0.05, 0) is 18.1 Å². The van der Waals surface area contributed by atoms with Crippen molar-refractivity contribution in [3.05, 3.63) is 35.7 Å². The van der Waals surface area contributed by atoms with E-state index >= 15 is 0 Å². The molecule has 0 fully saturated rings. The molecule has 0 atom stereocenters. The van der Waals surface area contributed by atoms with Crippen LogP contribution in [0.2, 0.25) is 0 Å². The van der Waals surface area contributed by atoms with Crippen LogP contribution >= 0.6 is 24.2 Å². The largest absolute Gasteiger partial charge is 0.492 e. The van der Waals surface area contributed by atoms with Gasteiger partial charge in [-0.15, -0.1) is 22.6 Å². The van der Waals surface area contributed by atoms with Crippen molar-refractivity contribution in [2.75, 3.05) is 12.4 Å². The van der Waals surface area contributed by atoms with Gasteiger partial charge in [0.15, 0.2) is 5.16 Å². The second-order valence-electron chi connectivity index (χ2n) is 4.32. The first-order chi connectivity index (χ1) is 9.76. The fourth-order valence-corrected chi connectivity index (χ4v) is 2.62. The predicted molar refractivity (Wildman–Crippen MR) is 88.2 cm³/mol. The van der Waals surface area contributed by atoms with E-state index in [0.29, 0.717) is 13.2 Å². The molecule has 0 aliphatic rings. The average Bonchev–Trinajstić information content (AvgIpc) is 2.84. The molecular weight excluding hydrogens is 308 g/mol. The minimum absolute atomic E-state index is 0. The quantitative estimate of drug-likeness (QED) is 0.624. The Morgan fingerprint density at radius 2 is 2.05 bits per heavy atom. The highest BCUT2D eigenvalue weighted by molar-refractivity contribution is 7.99. The lowest BCUT2D eigenvalue weighted by Gasteiger charge is -2.09. The third kappa shape index (κ3) is 4.62. The van der Waals surface area contributed by atoms with E-state index < -0.39 is 0 Å². The van der Waals surface area contributed by atoms with Gasteiger partial charge in [-0.3, -0.25) is 0 Å². The fourth-order valence-electron chi connectivity index (χ4n) is 1.87. The summed E-state index contributed by atoms with van der Waals surface area (Å²) in [5.74, 6) is 2.59. The van der Waals surface area contributed by atoms with Crippen molar-refractivity contribution in [2.24, 2.45) is 12.8 Å². The average molecular weight is 329 g/mol. The number of aromatic nitrogens is 3. The molecule has 0 saturated heterocycles. The van der Waals surface area contributed by atoms with E-state index in [4.69, 9.17) is 10.5 Å². The standard InChI is InChI=1S/C14H20N4OS.ClH/c1-3-11-6-4-5-7-12(11)19-8-9-20-14-17-16-13(10-15)18(14)2;/h4-7H,3,8-10,15H2,1-2H3;1H. The highest BCUT2D eigenvalue weighted by Crippen LogP contribution is 2.20. The lowest BCUT2D eigenvalue weighted by molar-refractivity contribution is 0.340. The Balaban J connectivity index is 0.00000220. The van der Waals surface area contributed by atoms with Crippen LogP contribution in [0, 0.1) is 0 Å². The van der Waals surface area contributed by atoms with Gasteiger partial charge in [0, 0.05) is 12.8 Å². The molecule has 21 heavy (non-hydrogen) atoms. The summed E-state index contributed by atoms with van der Waals surface area (Å²) >= 11 is 1.62. The molecule has 1 aromatic heterocycles. The van der Waals surface area contributed by atoms with E-state index in [1.807, 2.05) is 29.8 Å². The number of hydrogen-bond donors (Lipinski definition) is 1. The molecular formula is C14H21ClN4OS. The molecule has 2 N–H and O–H groups in total. The first-order valence-electron chi connectivity index (χ1n) is 6.68. The van der Waals surface area contributed by atoms with Crippen LogP contribution in [0.5, 0.6) is 5.75 Å². The molecule has 0 aliphatic heterocycles. The molecule has 116 valence electrons. The summed E-state index contributed by atoms with van der Waals surface area (Å²) in [4.78, 5) is 0. The smallest absolute Gasteiger partial charge is 0.191 e. The summed E-state index contributed by atoms with van der Waals surface area (Å²) in [6.07, 6.45) is 0.979. The minimum Gasteiger partial charge on any atom is -0.492 e. The molecule has 0 unspecified atom stereocenters. The van der Waals surface area contributed by atoms with Gasteiger partial charge in [-0.25, -0.2) is 0 Å². The van der Waals surface area contributed by atoms with Gasteiger partial charge in [-0.2, -0.15) is 0 Å². The molecule has 0 aliphatic carbocycles. The van der Waals surface area contributed by atoms with Crippen LogP contribution in [0.3, 0.4) is 0 Å². The highest BCUT2D eigenvalue weighted by Gasteiger charge is 2.07. The Morgan fingerprint density at radius 1 is 1.29 bits per heavy atom. The first-order valence-corrected chi connectivity index (χ1v) is 7.66. The molecule has 0 radical (unpaired) electrons. The summed E-state index contributed by atoms with van der Waals surface area (Å²) in [5.41, 5.74) is 6.81. The maximum atomic E-state index is 5.82. The van der Waals surface area contributed by atoms with E-state index in [1.54, 1.807) is 11.8 Å². The second-order valence-corrected chi connectivity index (χ2v) is 5.38. The second kappa shape index (κ2) is 8.92. The van der Waals surface area contributed by atoms with Crippen molar-refractivity contribution in [3.8, 4) is 5.75 Å². The van der Waals surface area contributed by atoms with Crippen molar-refractivity contribution in [3.63, 3.8) is 0 Å². The van der Waals surface area contributed by atoms with Gasteiger partial charge in [0.1, 0.15) is 11.6 Å². The normalized spacial score (nSPS) is 10.2. The minimum atomic E-state index is 0. The monoisotopic (exact) mass is 328 g/mol. The topological polar surface area (TPSA) is 66.0 Å². The SMILES string of the molecule is CCc1ccccc1OCCSc1nnc(CN)n1C.Cl. The maximum absolute atomic E-state index is 5.82. The number of para-hydroxylation sites is 1. The lowest BCUT2D eigenvalue weighted by Crippen LogP contribution is -2.06. The third-order valence-corrected chi connectivity index (χ3v) is 4.02. The van der Waals surface area contributed by atoms with E-state index in [1.165, 1.54) is 5.56 Å². The zero-order chi connectivity index (χ0) is 14.4. The third-order valence-electron chi connectivity index (χ3n) is 3.03. The van der Waals surface area contributed by atoms with Crippen LogP contribution in [0.15, 0.2) is 29.4 Å². The molecule has 0 bridgehead atoms. The first kappa shape index (κ1) is 17.8. The van der Waals surface area contributed by atoms with Gasteiger partial charge in [0.2, 0.25) is 0 Å². The van der Waals surface area contributed by atoms with Crippen LogP contribution in [-0.2, 0) is 20.0 Å². The lowest BCUT2D eigenvalue weighted by atomic mass is 10.1. The van der Waals surface area contributed by atoms with Crippen molar-refractivity contribution >= 4 is 24.2 Å². The number of benzene rings is 1. The summed E-state index contributed by atoms with van der Waals surface area (Å²) in [6, 6.07) is 8.14. The number of rotatable bonds is 7. The zero-order valence-electron chi connectivity index (χ0n) is 12.3. The van der Waals surface area contributed by atoms with Crippen molar-refractivity contribution in [1.82, 2.24) is 14.8 Å². The number of aryl methyl sites for hydroxylation is 1. The van der Waals surface area contributed by atoms with Crippen molar-refractivity contribution in [2.45, 2.75) is 25.0 Å². The Labute approximate surface area is 135 Å². The Bertz CT molecular complexity index is 562. The summed E-state index contributed by atoms with van der Waals surface area (Å²) in [7, 11) is 1.93. The molecule has 5 nitrogen and oxygen atoms in total. The molecule has 0 amide bonds. The number of hydrogen-bond acceptors (Lipinski definition) is 5. The molecule has 1 heterocycles. The fraction of sp³-hybridized carbons (Fsp3) is 0.429. The number of nitrogens with zero attached hydrogens (tertiary/aromatic N) is 3. The molecule has 0 spiro atoms. The van der Waals surface area contributed by atoms with Crippen LogP contribution in [0.1, 0.15) is 18.3 Å². The van der Waals surface area contributed by atoms with Crippen LogP contribution in [0.4, 0.5) is 0 Å². The van der Waals surface area contributed by atoms with Gasteiger partial charge in [-0.1, -0.05) is 36.9 Å². The Hall–Kier alpha value is -1.24. The Kier molecular flexibility index (Phi) is 7.56. The van der Waals surface area contributed by atoms with Crippen molar-refractivity contribution in [1.29, 1.82) is 0 Å². The molecule has 0 saturated carbocycles. The highest BCUT2D eigenvalue weighted by atomic mass is 35.5. The van der Waals surface area contributed by atoms with Crippen LogP contribution < -0.4 is 10.5 Å². The number of thioether (sulfide) groups is 1. The van der Waals surface area contributed by atoms with Gasteiger partial charge in [0.05, 0.1) is 13.2 Å². The number of nitrogens with two attached hydrogens (primary N) is 1. The zero-order valence-corrected chi connectivity index (χ0v) is 13.9. The van der Waals surface area contributed by atoms with E-state index in [2.05, 4.69) is 23.2 Å². The molecule has 2 aromatic rings. The summed E-state index contributed by atoms with van der Waals surface area (Å²) < 4.78 is 7.74. The van der Waals surface area contributed by atoms with Crippen LogP contribution in [0.25, 0.3) is 0 Å². The van der Waals surface area contributed by atoms with E-state index in [9.17, 15) is 0 Å². The maximum Gasteiger partial charge on any atom is 0.191 e. The van der Waals surface area contributed by atoms with Crippen LogP contribution in [-0.4, -0.2) is 27.1 Å². The van der Waals surface area contributed by atoms with E-state index in [0.717, 1.165) is 28.9 Å². The molecule has 7 heteroatoms. The molecule has 1 aromatic carbocycles. The number of halogens is 1. The van der Waals surface area contributed by atoms with Gasteiger partial charge >= 0.3 is 0 Å². The molecule has 2 rings (SSSR count).